The maximum Gasteiger partial charge on any atom is 0.160 e. The first-order chi connectivity index (χ1) is 11.1. The predicted molar refractivity (Wildman–Crippen MR) is 99.0 cm³/mol. The van der Waals surface area contributed by atoms with Crippen LogP contribution in [0.1, 0.15) is 81.1 Å². The minimum absolute atomic E-state index is 0.000159. The molecule has 24 heavy (non-hydrogen) atoms. The third-order valence-corrected chi connectivity index (χ3v) is 6.55. The van der Waals surface area contributed by atoms with Crippen LogP contribution < -0.4 is 0 Å². The Morgan fingerprint density at radius 2 is 1.88 bits per heavy atom. The Morgan fingerprint density at radius 1 is 1.21 bits per heavy atom. The molecule has 0 spiro atoms. The van der Waals surface area contributed by atoms with E-state index in [1.165, 1.54) is 19.3 Å². The van der Waals surface area contributed by atoms with Gasteiger partial charge in [0, 0.05) is 12.5 Å². The number of hydrogen-bond acceptors (Lipinski definition) is 3. The Kier molecular flexibility index (Phi) is 6.42. The first-order valence-electron chi connectivity index (χ1n) is 10.0. The van der Waals surface area contributed by atoms with Gasteiger partial charge in [-0.25, -0.2) is 0 Å². The van der Waals surface area contributed by atoms with Crippen LogP contribution in [0.2, 0.25) is 0 Å². The third-order valence-electron chi connectivity index (χ3n) is 6.55. The standard InChI is InChI=1S/C21H40O3/c1-9-22-20(6,7)18-13-21(18,8)11-10-16(4)23-19-15(3)12-14(2)17(5)24-19/h14-19H,9-13H2,1-8H3/t14-,15-,16-,17+,18-,19-,21+/m1/s1. The van der Waals surface area contributed by atoms with E-state index in [0.717, 1.165) is 13.0 Å². The van der Waals surface area contributed by atoms with Crippen molar-refractivity contribution < 1.29 is 14.2 Å². The van der Waals surface area contributed by atoms with E-state index in [9.17, 15) is 0 Å². The summed E-state index contributed by atoms with van der Waals surface area (Å²) in [4.78, 5) is 0. The summed E-state index contributed by atoms with van der Waals surface area (Å²) in [7, 11) is 0. The second-order valence-electron chi connectivity index (χ2n) is 9.33. The molecule has 2 rings (SSSR count). The van der Waals surface area contributed by atoms with Gasteiger partial charge in [-0.05, 0) is 77.6 Å². The molecule has 0 unspecified atom stereocenters. The predicted octanol–water partition coefficient (Wildman–Crippen LogP) is 5.42. The molecule has 2 fully saturated rings. The highest BCUT2D eigenvalue weighted by Crippen LogP contribution is 2.61. The van der Waals surface area contributed by atoms with Gasteiger partial charge in [0.1, 0.15) is 0 Å². The topological polar surface area (TPSA) is 27.7 Å². The third kappa shape index (κ3) is 4.74. The van der Waals surface area contributed by atoms with E-state index in [-0.39, 0.29) is 18.0 Å². The summed E-state index contributed by atoms with van der Waals surface area (Å²) in [5, 5.41) is 0. The Bertz CT molecular complexity index is 408. The number of rotatable bonds is 8. The Labute approximate surface area is 149 Å². The van der Waals surface area contributed by atoms with Crippen LogP contribution in [0.15, 0.2) is 0 Å². The van der Waals surface area contributed by atoms with E-state index in [1.807, 2.05) is 0 Å². The minimum Gasteiger partial charge on any atom is -0.376 e. The highest BCUT2D eigenvalue weighted by Gasteiger charge is 2.57. The minimum atomic E-state index is -0.0335. The van der Waals surface area contributed by atoms with Crippen LogP contribution in [0.4, 0.5) is 0 Å². The summed E-state index contributed by atoms with van der Waals surface area (Å²) >= 11 is 0. The fourth-order valence-electron chi connectivity index (χ4n) is 4.61. The summed E-state index contributed by atoms with van der Waals surface area (Å²) in [6.07, 6.45) is 5.31. The van der Waals surface area contributed by atoms with Gasteiger partial charge in [0.25, 0.3) is 0 Å². The lowest BCUT2D eigenvalue weighted by Crippen LogP contribution is -2.40. The largest absolute Gasteiger partial charge is 0.376 e. The molecule has 0 aromatic heterocycles. The van der Waals surface area contributed by atoms with Crippen molar-refractivity contribution in [2.45, 2.75) is 105 Å². The summed E-state index contributed by atoms with van der Waals surface area (Å²) in [6, 6.07) is 0. The highest BCUT2D eigenvalue weighted by atomic mass is 16.7. The monoisotopic (exact) mass is 340 g/mol. The molecule has 1 saturated carbocycles. The molecule has 0 radical (unpaired) electrons. The average Bonchev–Trinajstić information content (AvgIpc) is 3.16. The molecular formula is C21H40O3. The number of ether oxygens (including phenoxy) is 3. The average molecular weight is 341 g/mol. The molecular weight excluding hydrogens is 300 g/mol. The molecule has 0 N–H and O–H groups in total. The normalized spacial score (nSPS) is 41.2. The van der Waals surface area contributed by atoms with Crippen molar-refractivity contribution in [1.29, 1.82) is 0 Å². The molecule has 2 aliphatic rings. The lowest BCUT2D eigenvalue weighted by molar-refractivity contribution is -0.244. The zero-order chi connectivity index (χ0) is 18.1. The maximum absolute atomic E-state index is 6.26. The van der Waals surface area contributed by atoms with Crippen molar-refractivity contribution in [3.05, 3.63) is 0 Å². The van der Waals surface area contributed by atoms with Crippen LogP contribution in [-0.2, 0) is 14.2 Å². The fraction of sp³-hybridized carbons (Fsp3) is 1.00. The number of hydrogen-bond donors (Lipinski definition) is 0. The van der Waals surface area contributed by atoms with E-state index >= 15 is 0 Å². The summed E-state index contributed by atoms with van der Waals surface area (Å²) < 4.78 is 18.3. The van der Waals surface area contributed by atoms with Crippen molar-refractivity contribution in [3.63, 3.8) is 0 Å². The molecule has 0 aromatic rings. The van der Waals surface area contributed by atoms with Gasteiger partial charge < -0.3 is 14.2 Å². The zero-order valence-electron chi connectivity index (χ0n) is 17.2. The molecule has 0 amide bonds. The van der Waals surface area contributed by atoms with Crippen LogP contribution in [-0.4, -0.2) is 30.7 Å². The lowest BCUT2D eigenvalue weighted by atomic mass is 9.89. The molecule has 3 heteroatoms. The van der Waals surface area contributed by atoms with E-state index in [0.29, 0.717) is 29.3 Å². The Hall–Kier alpha value is -0.120. The van der Waals surface area contributed by atoms with Gasteiger partial charge in [-0.2, -0.15) is 0 Å². The van der Waals surface area contributed by atoms with E-state index in [1.54, 1.807) is 0 Å². The van der Waals surface area contributed by atoms with E-state index in [4.69, 9.17) is 14.2 Å². The molecule has 1 aliphatic carbocycles. The second-order valence-corrected chi connectivity index (χ2v) is 9.33. The maximum atomic E-state index is 6.26. The van der Waals surface area contributed by atoms with Gasteiger partial charge in [-0.15, -0.1) is 0 Å². The summed E-state index contributed by atoms with van der Waals surface area (Å²) in [6.45, 7) is 18.7. The zero-order valence-corrected chi connectivity index (χ0v) is 17.2. The first kappa shape index (κ1) is 20.2. The van der Waals surface area contributed by atoms with Crippen LogP contribution in [0.25, 0.3) is 0 Å². The molecule has 1 aliphatic heterocycles. The Balaban J connectivity index is 1.77. The smallest absolute Gasteiger partial charge is 0.160 e. The summed E-state index contributed by atoms with van der Waals surface area (Å²) in [5.74, 6) is 1.78. The molecule has 0 bridgehead atoms. The van der Waals surface area contributed by atoms with Crippen molar-refractivity contribution in [2.75, 3.05) is 6.61 Å². The van der Waals surface area contributed by atoms with Crippen molar-refractivity contribution in [1.82, 2.24) is 0 Å². The van der Waals surface area contributed by atoms with Crippen LogP contribution in [0.3, 0.4) is 0 Å². The molecule has 1 heterocycles. The van der Waals surface area contributed by atoms with Crippen molar-refractivity contribution in [3.8, 4) is 0 Å². The van der Waals surface area contributed by atoms with Gasteiger partial charge in [0.15, 0.2) is 6.29 Å². The Morgan fingerprint density at radius 3 is 2.50 bits per heavy atom. The van der Waals surface area contributed by atoms with E-state index < -0.39 is 0 Å². The first-order valence-corrected chi connectivity index (χ1v) is 10.0. The van der Waals surface area contributed by atoms with E-state index in [2.05, 4.69) is 55.4 Å². The van der Waals surface area contributed by atoms with Crippen LogP contribution >= 0.6 is 0 Å². The molecule has 1 saturated heterocycles. The molecule has 3 nitrogen and oxygen atoms in total. The van der Waals surface area contributed by atoms with Gasteiger partial charge >= 0.3 is 0 Å². The molecule has 7 atom stereocenters. The van der Waals surface area contributed by atoms with Crippen LogP contribution in [0, 0.1) is 23.2 Å². The SMILES string of the molecule is CCOC(C)(C)[C@H]1C[C@]1(C)CC[C@@H](C)O[C@@H]1O[C@@H](C)[C@H](C)C[C@H]1C. The lowest BCUT2D eigenvalue weighted by Gasteiger charge is -2.38. The van der Waals surface area contributed by atoms with Gasteiger partial charge in [-0.1, -0.05) is 20.8 Å². The second kappa shape index (κ2) is 7.63. The van der Waals surface area contributed by atoms with Gasteiger partial charge in [0.05, 0.1) is 17.8 Å². The van der Waals surface area contributed by atoms with Crippen LogP contribution in [0.5, 0.6) is 0 Å². The fourth-order valence-corrected chi connectivity index (χ4v) is 4.61. The van der Waals surface area contributed by atoms with Crippen molar-refractivity contribution >= 4 is 0 Å². The molecule has 142 valence electrons. The summed E-state index contributed by atoms with van der Waals surface area (Å²) in [5.41, 5.74) is 0.414. The van der Waals surface area contributed by atoms with Gasteiger partial charge in [0.2, 0.25) is 0 Å². The quantitative estimate of drug-likeness (QED) is 0.590. The van der Waals surface area contributed by atoms with Gasteiger partial charge in [-0.3, -0.25) is 0 Å². The van der Waals surface area contributed by atoms with Crippen molar-refractivity contribution in [2.24, 2.45) is 23.2 Å². The highest BCUT2D eigenvalue weighted by molar-refractivity contribution is 5.06. The molecule has 0 aromatic carbocycles.